The van der Waals surface area contributed by atoms with Crippen LogP contribution in [0, 0.1) is 5.92 Å². The number of piperidine rings is 1. The molecule has 2 aliphatic heterocycles. The van der Waals surface area contributed by atoms with Crippen LogP contribution in [0.1, 0.15) is 39.2 Å². The monoisotopic (exact) mass is 379 g/mol. The van der Waals surface area contributed by atoms with Crippen molar-refractivity contribution < 1.29 is 17.9 Å². The van der Waals surface area contributed by atoms with Gasteiger partial charge in [-0.15, -0.1) is 0 Å². The minimum Gasteiger partial charge on any atom is -0.444 e. The van der Waals surface area contributed by atoms with Gasteiger partial charge in [0.1, 0.15) is 11.4 Å². The van der Waals surface area contributed by atoms with Crippen LogP contribution in [0.5, 0.6) is 0 Å². The Kier molecular flexibility index (Phi) is 4.96. The molecule has 0 bridgehead atoms. The lowest BCUT2D eigenvalue weighted by Gasteiger charge is -2.33. The van der Waals surface area contributed by atoms with Gasteiger partial charge >= 0.3 is 6.09 Å². The Morgan fingerprint density at radius 2 is 2.08 bits per heavy atom. The first kappa shape index (κ1) is 18.7. The van der Waals surface area contributed by atoms with Crippen molar-refractivity contribution in [3.05, 3.63) is 29.8 Å². The number of nitrogens with zero attached hydrogens (tertiary/aromatic N) is 2. The number of likely N-dealkylation sites (tertiary alicyclic amines) is 1. The molecule has 142 valence electrons. The van der Waals surface area contributed by atoms with Crippen molar-refractivity contribution in [3.8, 4) is 0 Å². The fourth-order valence-corrected chi connectivity index (χ4v) is 4.43. The minimum absolute atomic E-state index is 0.182. The first-order chi connectivity index (χ1) is 12.2. The predicted octanol–water partition coefficient (Wildman–Crippen LogP) is 2.37. The quantitative estimate of drug-likeness (QED) is 0.854. The average Bonchev–Trinajstić information content (AvgIpc) is 2.83. The van der Waals surface area contributed by atoms with Gasteiger partial charge in [-0.05, 0) is 51.7 Å². The third kappa shape index (κ3) is 4.17. The highest BCUT2D eigenvalue weighted by Gasteiger charge is 2.31. The number of nitrogens with one attached hydrogen (secondary N) is 1. The zero-order valence-corrected chi connectivity index (χ0v) is 16.2. The summed E-state index contributed by atoms with van der Waals surface area (Å²) in [5.41, 5.74) is 0.0862. The molecule has 1 aromatic rings. The number of carbonyl (C=O) groups is 1. The number of fused-ring (bicyclic) bond motifs is 1. The highest BCUT2D eigenvalue weighted by atomic mass is 32.2. The highest BCUT2D eigenvalue weighted by molar-refractivity contribution is 7.90. The normalized spacial score (nSPS) is 23.4. The van der Waals surface area contributed by atoms with E-state index in [1.165, 1.54) is 0 Å². The van der Waals surface area contributed by atoms with E-state index in [1.54, 1.807) is 29.2 Å². The van der Waals surface area contributed by atoms with Gasteiger partial charge in [-0.25, -0.2) is 13.2 Å². The summed E-state index contributed by atoms with van der Waals surface area (Å²) in [5, 5.41) is 0. The zero-order chi connectivity index (χ0) is 18.9. The fraction of sp³-hybridized carbons (Fsp3) is 0.556. The molecule has 26 heavy (non-hydrogen) atoms. The Balaban J connectivity index is 1.67. The van der Waals surface area contributed by atoms with Crippen molar-refractivity contribution in [1.29, 1.82) is 0 Å². The van der Waals surface area contributed by atoms with Gasteiger partial charge in [-0.3, -0.25) is 9.71 Å². The predicted molar refractivity (Wildman–Crippen MR) is 98.7 cm³/mol. The van der Waals surface area contributed by atoms with Crippen LogP contribution in [0.25, 0.3) is 0 Å². The molecule has 2 aliphatic rings. The summed E-state index contributed by atoms with van der Waals surface area (Å²) in [6.45, 7) is 7.26. The lowest BCUT2D eigenvalue weighted by atomic mass is 9.98. The number of benzene rings is 1. The molecule has 8 heteroatoms. The number of carbonyl (C=O) groups excluding carboxylic acids is 1. The topological polar surface area (TPSA) is 88.1 Å². The van der Waals surface area contributed by atoms with E-state index in [1.807, 2.05) is 20.8 Å². The summed E-state index contributed by atoms with van der Waals surface area (Å²) in [6.07, 6.45) is 1.53. The molecule has 0 aromatic heterocycles. The maximum Gasteiger partial charge on any atom is 0.410 e. The third-order valence-electron chi connectivity index (χ3n) is 4.34. The molecular formula is C18H25N3O4S. The Bertz CT molecular complexity index is 827. The van der Waals surface area contributed by atoms with Crippen molar-refractivity contribution in [3.63, 3.8) is 0 Å². The molecule has 7 nitrogen and oxygen atoms in total. The van der Waals surface area contributed by atoms with Crippen molar-refractivity contribution in [2.75, 3.05) is 19.6 Å². The Labute approximate surface area is 154 Å². The van der Waals surface area contributed by atoms with Crippen LogP contribution in [-0.4, -0.2) is 50.5 Å². The van der Waals surface area contributed by atoms with Gasteiger partial charge in [0.25, 0.3) is 10.0 Å². The van der Waals surface area contributed by atoms with E-state index in [-0.39, 0.29) is 16.9 Å². The number of amides is 1. The number of ether oxygens (including phenoxy) is 1. The van der Waals surface area contributed by atoms with E-state index in [9.17, 15) is 13.2 Å². The number of amidine groups is 1. The second kappa shape index (κ2) is 6.90. The largest absolute Gasteiger partial charge is 0.444 e. The van der Waals surface area contributed by atoms with Crippen LogP contribution in [0.3, 0.4) is 0 Å². The molecule has 3 rings (SSSR count). The molecule has 0 spiro atoms. The maximum atomic E-state index is 12.2. The molecule has 1 saturated heterocycles. The molecule has 0 aliphatic carbocycles. The average molecular weight is 379 g/mol. The van der Waals surface area contributed by atoms with Gasteiger partial charge in [-0.1, -0.05) is 12.1 Å². The Hall–Kier alpha value is -2.09. The Morgan fingerprint density at radius 1 is 1.35 bits per heavy atom. The summed E-state index contributed by atoms with van der Waals surface area (Å²) < 4.78 is 32.2. The summed E-state index contributed by atoms with van der Waals surface area (Å²) in [6, 6.07) is 6.81. The maximum absolute atomic E-state index is 12.2. The second-order valence-corrected chi connectivity index (χ2v) is 9.38. The molecule has 1 N–H and O–H groups in total. The van der Waals surface area contributed by atoms with Crippen LogP contribution in [0.15, 0.2) is 34.2 Å². The molecular weight excluding hydrogens is 354 g/mol. The molecule has 1 atom stereocenters. The first-order valence-electron chi connectivity index (χ1n) is 8.80. The van der Waals surface area contributed by atoms with Crippen LogP contribution in [0.4, 0.5) is 4.79 Å². The molecule has 0 saturated carbocycles. The second-order valence-electron chi connectivity index (χ2n) is 7.73. The number of sulfonamides is 1. The van der Waals surface area contributed by atoms with E-state index < -0.39 is 15.6 Å². The van der Waals surface area contributed by atoms with Gasteiger partial charge in [0.05, 0.1) is 4.90 Å². The van der Waals surface area contributed by atoms with E-state index in [4.69, 9.17) is 4.74 Å². The summed E-state index contributed by atoms with van der Waals surface area (Å²) >= 11 is 0. The zero-order valence-electron chi connectivity index (χ0n) is 15.4. The van der Waals surface area contributed by atoms with E-state index >= 15 is 0 Å². The van der Waals surface area contributed by atoms with Crippen molar-refractivity contribution in [2.45, 2.75) is 44.1 Å². The van der Waals surface area contributed by atoms with Crippen LogP contribution in [0.2, 0.25) is 0 Å². The highest BCUT2D eigenvalue weighted by Crippen LogP contribution is 2.24. The minimum atomic E-state index is -3.52. The van der Waals surface area contributed by atoms with E-state index in [0.29, 0.717) is 31.0 Å². The van der Waals surface area contributed by atoms with Gasteiger partial charge in [0.2, 0.25) is 0 Å². The van der Waals surface area contributed by atoms with E-state index in [2.05, 4.69) is 9.71 Å². The third-order valence-corrected chi connectivity index (χ3v) is 5.74. The van der Waals surface area contributed by atoms with Gasteiger partial charge in [0.15, 0.2) is 0 Å². The van der Waals surface area contributed by atoms with Gasteiger partial charge < -0.3 is 9.64 Å². The fourth-order valence-electron chi connectivity index (χ4n) is 3.18. The number of aliphatic imine (C=N–C) groups is 1. The summed E-state index contributed by atoms with van der Waals surface area (Å²) in [5.74, 6) is 0.566. The molecule has 1 amide bonds. The van der Waals surface area contributed by atoms with Gasteiger partial charge in [-0.2, -0.15) is 0 Å². The van der Waals surface area contributed by atoms with Crippen LogP contribution in [-0.2, 0) is 14.8 Å². The van der Waals surface area contributed by atoms with E-state index in [0.717, 1.165) is 12.8 Å². The molecule has 2 heterocycles. The smallest absolute Gasteiger partial charge is 0.410 e. The molecule has 1 aromatic carbocycles. The van der Waals surface area contributed by atoms with Crippen LogP contribution >= 0.6 is 0 Å². The number of hydrogen-bond donors (Lipinski definition) is 1. The summed E-state index contributed by atoms with van der Waals surface area (Å²) in [4.78, 5) is 18.7. The SMILES string of the molecule is CC(C)(C)OC(=O)N1CCC[C@@H](CN=C2NS(=O)(=O)c3ccccc32)C1. The molecule has 1 fully saturated rings. The standard InChI is InChI=1S/C18H25N3O4S/c1-18(2,3)25-17(22)21-10-6-7-13(12-21)11-19-16-14-8-4-5-9-15(14)26(23,24)20-16/h4-5,8-9,13H,6-7,10-12H2,1-3H3,(H,19,20)/t13-/m0/s1. The summed E-state index contributed by atoms with van der Waals surface area (Å²) in [7, 11) is -3.52. The lowest BCUT2D eigenvalue weighted by Crippen LogP contribution is -2.43. The lowest BCUT2D eigenvalue weighted by molar-refractivity contribution is 0.0171. The molecule has 0 unspecified atom stereocenters. The molecule has 0 radical (unpaired) electrons. The van der Waals surface area contributed by atoms with Gasteiger partial charge in [0, 0.05) is 25.2 Å². The number of rotatable bonds is 2. The number of hydrogen-bond acceptors (Lipinski definition) is 5. The van der Waals surface area contributed by atoms with Crippen molar-refractivity contribution >= 4 is 22.0 Å². The van der Waals surface area contributed by atoms with Crippen molar-refractivity contribution in [2.24, 2.45) is 10.9 Å². The Morgan fingerprint density at radius 3 is 2.81 bits per heavy atom. The first-order valence-corrected chi connectivity index (χ1v) is 10.3. The van der Waals surface area contributed by atoms with Crippen molar-refractivity contribution in [1.82, 2.24) is 9.62 Å². The van der Waals surface area contributed by atoms with Crippen LogP contribution < -0.4 is 4.72 Å².